The van der Waals surface area contributed by atoms with Gasteiger partial charge in [-0.25, -0.2) is 4.39 Å². The number of benzene rings is 1. The molecule has 1 fully saturated rings. The topological polar surface area (TPSA) is 15.3 Å². The summed E-state index contributed by atoms with van der Waals surface area (Å²) in [5, 5.41) is 3.54. The summed E-state index contributed by atoms with van der Waals surface area (Å²) in [5.41, 5.74) is 1.48. The van der Waals surface area contributed by atoms with Crippen molar-refractivity contribution in [2.45, 2.75) is 39.0 Å². The Morgan fingerprint density at radius 3 is 2.40 bits per heavy atom. The van der Waals surface area contributed by atoms with E-state index in [1.807, 2.05) is 12.1 Å². The number of nitrogens with one attached hydrogen (secondary N) is 1. The van der Waals surface area contributed by atoms with E-state index < -0.39 is 0 Å². The van der Waals surface area contributed by atoms with Crippen molar-refractivity contribution in [1.29, 1.82) is 0 Å². The summed E-state index contributed by atoms with van der Waals surface area (Å²) in [6, 6.07) is 6.84. The van der Waals surface area contributed by atoms with Gasteiger partial charge in [0.1, 0.15) is 5.82 Å². The third-order valence-corrected chi connectivity index (χ3v) is 4.50. The fourth-order valence-electron chi connectivity index (χ4n) is 3.37. The Morgan fingerprint density at radius 1 is 1.15 bits per heavy atom. The van der Waals surface area contributed by atoms with Gasteiger partial charge in [-0.1, -0.05) is 26.2 Å². The zero-order valence-electron chi connectivity index (χ0n) is 12.8. The lowest BCUT2D eigenvalue weighted by molar-refractivity contribution is 0.190. The average molecular weight is 278 g/mol. The summed E-state index contributed by atoms with van der Waals surface area (Å²) in [6.45, 7) is 5.34. The summed E-state index contributed by atoms with van der Waals surface area (Å²) in [6.07, 6.45) is 6.64. The number of halogens is 1. The van der Waals surface area contributed by atoms with Crippen LogP contribution in [0.1, 0.15) is 39.0 Å². The number of anilines is 1. The number of hydrogen-bond donors (Lipinski definition) is 1. The second-order valence-corrected chi connectivity index (χ2v) is 6.17. The molecule has 0 aliphatic heterocycles. The van der Waals surface area contributed by atoms with Crippen molar-refractivity contribution >= 4 is 5.69 Å². The van der Waals surface area contributed by atoms with Gasteiger partial charge in [-0.3, -0.25) is 0 Å². The highest BCUT2D eigenvalue weighted by Crippen LogP contribution is 2.37. The molecule has 1 aromatic rings. The summed E-state index contributed by atoms with van der Waals surface area (Å²) >= 11 is 0. The maximum atomic E-state index is 13.0. The molecule has 112 valence electrons. The van der Waals surface area contributed by atoms with E-state index in [2.05, 4.69) is 24.2 Å². The van der Waals surface area contributed by atoms with Crippen molar-refractivity contribution in [1.82, 2.24) is 5.32 Å². The molecule has 0 aromatic heterocycles. The van der Waals surface area contributed by atoms with Crippen LogP contribution in [0.25, 0.3) is 0 Å². The Labute approximate surface area is 122 Å². The van der Waals surface area contributed by atoms with Gasteiger partial charge in [-0.05, 0) is 43.7 Å². The summed E-state index contributed by atoms with van der Waals surface area (Å²) < 4.78 is 13.0. The lowest BCUT2D eigenvalue weighted by Crippen LogP contribution is -2.44. The number of rotatable bonds is 6. The fraction of sp³-hybridized carbons (Fsp3) is 0.647. The van der Waals surface area contributed by atoms with Crippen molar-refractivity contribution in [2.75, 3.05) is 31.6 Å². The minimum Gasteiger partial charge on any atom is -0.374 e. The van der Waals surface area contributed by atoms with Crippen molar-refractivity contribution in [3.63, 3.8) is 0 Å². The minimum atomic E-state index is -0.165. The van der Waals surface area contributed by atoms with E-state index in [1.165, 1.54) is 32.1 Å². The van der Waals surface area contributed by atoms with Crippen molar-refractivity contribution in [2.24, 2.45) is 5.41 Å². The van der Waals surface area contributed by atoms with Gasteiger partial charge >= 0.3 is 0 Å². The second-order valence-electron chi connectivity index (χ2n) is 6.17. The van der Waals surface area contributed by atoms with Crippen molar-refractivity contribution < 1.29 is 4.39 Å². The van der Waals surface area contributed by atoms with Gasteiger partial charge in [0.15, 0.2) is 0 Å². The molecule has 20 heavy (non-hydrogen) atoms. The van der Waals surface area contributed by atoms with Crippen LogP contribution < -0.4 is 10.2 Å². The maximum Gasteiger partial charge on any atom is 0.123 e. The molecule has 1 aliphatic carbocycles. The van der Waals surface area contributed by atoms with E-state index in [1.54, 1.807) is 12.1 Å². The lowest BCUT2D eigenvalue weighted by Gasteiger charge is -2.41. The standard InChI is InChI=1S/C17H27FN2/c1-3-19-13-17(11-5-4-6-12-17)14-20(2)16-9-7-15(18)8-10-16/h7-10,19H,3-6,11-14H2,1-2H3. The van der Waals surface area contributed by atoms with Crippen LogP contribution in [0, 0.1) is 11.2 Å². The summed E-state index contributed by atoms with van der Waals surface area (Å²) in [5.74, 6) is -0.165. The van der Waals surface area contributed by atoms with E-state index >= 15 is 0 Å². The number of hydrogen-bond acceptors (Lipinski definition) is 2. The normalized spacial score (nSPS) is 17.9. The first kappa shape index (κ1) is 15.3. The van der Waals surface area contributed by atoms with E-state index in [-0.39, 0.29) is 5.82 Å². The van der Waals surface area contributed by atoms with Crippen LogP contribution in [0.2, 0.25) is 0 Å². The van der Waals surface area contributed by atoms with Gasteiger partial charge in [-0.15, -0.1) is 0 Å². The molecule has 0 saturated heterocycles. The molecule has 0 radical (unpaired) electrons. The highest BCUT2D eigenvalue weighted by molar-refractivity contribution is 5.45. The molecule has 2 rings (SSSR count). The van der Waals surface area contributed by atoms with E-state index in [0.717, 1.165) is 25.3 Å². The van der Waals surface area contributed by atoms with Crippen LogP contribution in [0.5, 0.6) is 0 Å². The predicted octanol–water partition coefficient (Wildman–Crippen LogP) is 3.82. The van der Waals surface area contributed by atoms with Crippen LogP contribution in [0.3, 0.4) is 0 Å². The predicted molar refractivity (Wildman–Crippen MR) is 83.7 cm³/mol. The smallest absolute Gasteiger partial charge is 0.123 e. The molecular formula is C17H27FN2. The molecule has 1 aromatic carbocycles. The Kier molecular flexibility index (Phi) is 5.41. The first-order valence-electron chi connectivity index (χ1n) is 7.83. The largest absolute Gasteiger partial charge is 0.374 e. The molecular weight excluding hydrogens is 251 g/mol. The van der Waals surface area contributed by atoms with Crippen LogP contribution in [0.4, 0.5) is 10.1 Å². The Bertz CT molecular complexity index is 396. The van der Waals surface area contributed by atoms with Crippen molar-refractivity contribution in [3.8, 4) is 0 Å². The van der Waals surface area contributed by atoms with Crippen LogP contribution in [0.15, 0.2) is 24.3 Å². The zero-order valence-corrected chi connectivity index (χ0v) is 12.8. The summed E-state index contributed by atoms with van der Waals surface area (Å²) in [4.78, 5) is 2.28. The Morgan fingerprint density at radius 2 is 1.80 bits per heavy atom. The van der Waals surface area contributed by atoms with Crippen molar-refractivity contribution in [3.05, 3.63) is 30.1 Å². The van der Waals surface area contributed by atoms with E-state index in [4.69, 9.17) is 0 Å². The highest BCUT2D eigenvalue weighted by Gasteiger charge is 2.32. The molecule has 0 atom stereocenters. The molecule has 0 heterocycles. The molecule has 3 heteroatoms. The SMILES string of the molecule is CCNCC1(CN(C)c2ccc(F)cc2)CCCCC1. The molecule has 1 N–H and O–H groups in total. The lowest BCUT2D eigenvalue weighted by atomic mass is 9.73. The van der Waals surface area contributed by atoms with Crippen LogP contribution in [-0.2, 0) is 0 Å². The Balaban J connectivity index is 2.04. The van der Waals surface area contributed by atoms with Gasteiger partial charge in [0, 0.05) is 31.2 Å². The zero-order chi connectivity index (χ0) is 14.4. The highest BCUT2D eigenvalue weighted by atomic mass is 19.1. The van der Waals surface area contributed by atoms with Crippen LogP contribution in [-0.4, -0.2) is 26.7 Å². The first-order valence-corrected chi connectivity index (χ1v) is 7.83. The third kappa shape index (κ3) is 3.95. The van der Waals surface area contributed by atoms with Crippen LogP contribution >= 0.6 is 0 Å². The molecule has 1 aliphatic rings. The molecule has 0 amide bonds. The maximum absolute atomic E-state index is 13.0. The number of nitrogens with zero attached hydrogens (tertiary/aromatic N) is 1. The average Bonchev–Trinajstić information content (AvgIpc) is 2.47. The van der Waals surface area contributed by atoms with Gasteiger partial charge in [0.05, 0.1) is 0 Å². The first-order chi connectivity index (χ1) is 9.65. The molecule has 0 bridgehead atoms. The van der Waals surface area contributed by atoms with E-state index in [9.17, 15) is 4.39 Å². The van der Waals surface area contributed by atoms with Gasteiger partial charge < -0.3 is 10.2 Å². The Hall–Kier alpha value is -1.09. The van der Waals surface area contributed by atoms with Gasteiger partial charge in [-0.2, -0.15) is 0 Å². The second kappa shape index (κ2) is 7.07. The molecule has 2 nitrogen and oxygen atoms in total. The minimum absolute atomic E-state index is 0.165. The molecule has 0 unspecified atom stereocenters. The summed E-state index contributed by atoms with van der Waals surface area (Å²) in [7, 11) is 2.12. The quantitative estimate of drug-likeness (QED) is 0.851. The van der Waals surface area contributed by atoms with Gasteiger partial charge in [0.2, 0.25) is 0 Å². The molecule has 1 saturated carbocycles. The van der Waals surface area contributed by atoms with Gasteiger partial charge in [0.25, 0.3) is 0 Å². The fourth-order valence-corrected chi connectivity index (χ4v) is 3.37. The molecule has 0 spiro atoms. The monoisotopic (exact) mass is 278 g/mol. The third-order valence-electron chi connectivity index (χ3n) is 4.50. The van der Waals surface area contributed by atoms with E-state index in [0.29, 0.717) is 5.41 Å².